The van der Waals surface area contributed by atoms with Crippen LogP contribution in [-0.2, 0) is 27.8 Å². The molecule has 1 saturated carbocycles. The number of fused-ring (bicyclic) bond motifs is 1. The van der Waals surface area contributed by atoms with Gasteiger partial charge in [0, 0.05) is 39.5 Å². The molecule has 1 aliphatic carbocycles. The lowest BCUT2D eigenvalue weighted by molar-refractivity contribution is -0.116. The Labute approximate surface area is 188 Å². The number of aryl methyl sites for hydroxylation is 2. The summed E-state index contributed by atoms with van der Waals surface area (Å²) in [5.41, 5.74) is 1.48. The molecule has 32 heavy (non-hydrogen) atoms. The molecule has 0 radical (unpaired) electrons. The van der Waals surface area contributed by atoms with E-state index >= 15 is 0 Å². The van der Waals surface area contributed by atoms with Gasteiger partial charge in [-0.25, -0.2) is 22.4 Å². The zero-order chi connectivity index (χ0) is 22.9. The quantitative estimate of drug-likeness (QED) is 0.559. The fraction of sp³-hybridized carbons (Fsp3) is 0.500. The van der Waals surface area contributed by atoms with Crippen LogP contribution in [0.2, 0.25) is 0 Å². The smallest absolute Gasteiger partial charge is 0.242 e. The second-order valence-corrected chi connectivity index (χ2v) is 10.5. The first-order chi connectivity index (χ1) is 15.3. The first kappa shape index (κ1) is 22.5. The molecule has 0 spiro atoms. The number of nitrogens with zero attached hydrogens (tertiary/aromatic N) is 5. The maximum Gasteiger partial charge on any atom is 0.242 e. The number of anilines is 1. The van der Waals surface area contributed by atoms with Gasteiger partial charge in [0.05, 0.1) is 28.2 Å². The van der Waals surface area contributed by atoms with E-state index in [4.69, 9.17) is 0 Å². The molecule has 1 aliphatic rings. The number of hydrogen-bond acceptors (Lipinski definition) is 5. The second kappa shape index (κ2) is 9.03. The molecular weight excluding hydrogens is 428 g/mol. The van der Waals surface area contributed by atoms with Crippen molar-refractivity contribution in [2.24, 2.45) is 0 Å². The van der Waals surface area contributed by atoms with Crippen molar-refractivity contribution in [2.75, 3.05) is 19.4 Å². The van der Waals surface area contributed by atoms with Crippen LogP contribution in [0.15, 0.2) is 35.4 Å². The number of carbonyl (C=O) groups excluding carboxylic acids is 1. The molecule has 1 amide bonds. The molecular formula is C22H30N6O3S. The van der Waals surface area contributed by atoms with Gasteiger partial charge in [0.1, 0.15) is 11.6 Å². The Kier molecular flexibility index (Phi) is 6.34. The Balaban J connectivity index is 1.49. The lowest BCUT2D eigenvalue weighted by Gasteiger charge is -2.14. The van der Waals surface area contributed by atoms with Gasteiger partial charge >= 0.3 is 0 Å². The number of nitrogens with one attached hydrogen (secondary N) is 1. The number of hydrogen-bond donors (Lipinski definition) is 1. The van der Waals surface area contributed by atoms with Crippen molar-refractivity contribution >= 4 is 32.8 Å². The second-order valence-electron chi connectivity index (χ2n) is 8.36. The van der Waals surface area contributed by atoms with Crippen LogP contribution in [-0.4, -0.2) is 52.1 Å². The Morgan fingerprint density at radius 2 is 1.97 bits per heavy atom. The van der Waals surface area contributed by atoms with Crippen LogP contribution in [0.1, 0.15) is 50.9 Å². The summed E-state index contributed by atoms with van der Waals surface area (Å²) in [6.45, 7) is 2.69. The molecule has 3 aromatic rings. The van der Waals surface area contributed by atoms with Gasteiger partial charge in [-0.15, -0.1) is 0 Å². The SMILES string of the molecule is CCn1c(CCC(=O)Nc2ccnn2C2CCCC2)nc2cc(S(=O)(=O)N(C)C)ccc21. The third-order valence-corrected chi connectivity index (χ3v) is 7.89. The van der Waals surface area contributed by atoms with Crippen molar-refractivity contribution in [3.05, 3.63) is 36.3 Å². The highest BCUT2D eigenvalue weighted by Crippen LogP contribution is 2.31. The van der Waals surface area contributed by atoms with E-state index in [1.54, 1.807) is 24.4 Å². The van der Waals surface area contributed by atoms with Crippen LogP contribution in [0.3, 0.4) is 0 Å². The van der Waals surface area contributed by atoms with Gasteiger partial charge in [0.25, 0.3) is 0 Å². The van der Waals surface area contributed by atoms with Crippen LogP contribution >= 0.6 is 0 Å². The standard InChI is InChI=1S/C22H30N6O3S/c1-4-27-19-10-9-17(32(30,31)26(2)3)15-18(19)24-20(27)11-12-22(29)25-21-13-14-23-28(21)16-7-5-6-8-16/h9-10,13-16H,4-8,11-12H2,1-3H3,(H,25,29). The molecule has 1 aromatic carbocycles. The summed E-state index contributed by atoms with van der Waals surface area (Å²) in [6, 6.07) is 7.18. The van der Waals surface area contributed by atoms with Gasteiger partial charge in [-0.1, -0.05) is 12.8 Å². The van der Waals surface area contributed by atoms with Gasteiger partial charge in [-0.3, -0.25) is 4.79 Å². The van der Waals surface area contributed by atoms with Gasteiger partial charge < -0.3 is 9.88 Å². The summed E-state index contributed by atoms with van der Waals surface area (Å²) in [7, 11) is -0.519. The minimum absolute atomic E-state index is 0.0877. The zero-order valence-electron chi connectivity index (χ0n) is 18.8. The summed E-state index contributed by atoms with van der Waals surface area (Å²) >= 11 is 0. The summed E-state index contributed by atoms with van der Waals surface area (Å²) < 4.78 is 30.1. The Morgan fingerprint density at radius 3 is 2.66 bits per heavy atom. The summed E-state index contributed by atoms with van der Waals surface area (Å²) in [5.74, 6) is 1.42. The number of carbonyl (C=O) groups is 1. The number of rotatable bonds is 8. The summed E-state index contributed by atoms with van der Waals surface area (Å²) in [4.78, 5) is 17.5. The number of amides is 1. The largest absolute Gasteiger partial charge is 0.328 e. The number of sulfonamides is 1. The number of aromatic nitrogens is 4. The van der Waals surface area contributed by atoms with E-state index in [0.29, 0.717) is 24.5 Å². The minimum atomic E-state index is -3.53. The third-order valence-electron chi connectivity index (χ3n) is 6.08. The highest BCUT2D eigenvalue weighted by atomic mass is 32.2. The van der Waals surface area contributed by atoms with Crippen LogP contribution in [0, 0.1) is 0 Å². The van der Waals surface area contributed by atoms with E-state index in [0.717, 1.165) is 30.0 Å². The molecule has 4 rings (SSSR count). The average molecular weight is 459 g/mol. The van der Waals surface area contributed by atoms with E-state index in [9.17, 15) is 13.2 Å². The zero-order valence-corrected chi connectivity index (χ0v) is 19.6. The van der Waals surface area contributed by atoms with Crippen molar-refractivity contribution in [1.82, 2.24) is 23.6 Å². The Bertz CT molecular complexity index is 1220. The lowest BCUT2D eigenvalue weighted by Crippen LogP contribution is -2.22. The molecule has 2 aromatic heterocycles. The molecule has 10 heteroatoms. The van der Waals surface area contributed by atoms with Crippen molar-refractivity contribution < 1.29 is 13.2 Å². The van der Waals surface area contributed by atoms with Gasteiger partial charge in [-0.05, 0) is 38.0 Å². The van der Waals surface area contributed by atoms with Gasteiger partial charge in [0.2, 0.25) is 15.9 Å². The molecule has 0 aliphatic heterocycles. The van der Waals surface area contributed by atoms with E-state index in [1.165, 1.54) is 31.2 Å². The van der Waals surface area contributed by atoms with Gasteiger partial charge in [-0.2, -0.15) is 5.10 Å². The van der Waals surface area contributed by atoms with Crippen LogP contribution in [0.4, 0.5) is 5.82 Å². The van der Waals surface area contributed by atoms with E-state index in [2.05, 4.69) is 15.4 Å². The van der Waals surface area contributed by atoms with Crippen LogP contribution < -0.4 is 5.32 Å². The molecule has 172 valence electrons. The molecule has 0 bridgehead atoms. The predicted molar refractivity (Wildman–Crippen MR) is 123 cm³/mol. The van der Waals surface area contributed by atoms with Crippen LogP contribution in [0.5, 0.6) is 0 Å². The van der Waals surface area contributed by atoms with Crippen molar-refractivity contribution in [2.45, 2.75) is 62.9 Å². The minimum Gasteiger partial charge on any atom is -0.328 e. The van der Waals surface area contributed by atoms with Crippen molar-refractivity contribution in [3.63, 3.8) is 0 Å². The predicted octanol–water partition coefficient (Wildman–Crippen LogP) is 3.19. The van der Waals surface area contributed by atoms with Crippen molar-refractivity contribution in [3.8, 4) is 0 Å². The van der Waals surface area contributed by atoms with Crippen molar-refractivity contribution in [1.29, 1.82) is 0 Å². The molecule has 2 heterocycles. The summed E-state index contributed by atoms with van der Waals surface area (Å²) in [5, 5.41) is 7.39. The monoisotopic (exact) mass is 458 g/mol. The molecule has 1 fully saturated rings. The van der Waals surface area contributed by atoms with E-state index in [-0.39, 0.29) is 17.2 Å². The van der Waals surface area contributed by atoms with E-state index < -0.39 is 10.0 Å². The Hall–Kier alpha value is -2.72. The molecule has 0 saturated heterocycles. The number of benzene rings is 1. The normalized spacial score (nSPS) is 15.1. The first-order valence-electron chi connectivity index (χ1n) is 11.1. The van der Waals surface area contributed by atoms with Gasteiger partial charge in [0.15, 0.2) is 0 Å². The molecule has 9 nitrogen and oxygen atoms in total. The molecule has 1 N–H and O–H groups in total. The number of imidazole rings is 1. The lowest BCUT2D eigenvalue weighted by atomic mass is 10.2. The topological polar surface area (TPSA) is 102 Å². The average Bonchev–Trinajstić information content (AvgIpc) is 3.50. The highest BCUT2D eigenvalue weighted by molar-refractivity contribution is 7.89. The Morgan fingerprint density at radius 1 is 1.22 bits per heavy atom. The summed E-state index contributed by atoms with van der Waals surface area (Å²) in [6.07, 6.45) is 7.05. The fourth-order valence-corrected chi connectivity index (χ4v) is 5.28. The third kappa shape index (κ3) is 4.29. The maximum atomic E-state index is 12.7. The molecule has 0 unspecified atom stereocenters. The molecule has 0 atom stereocenters. The fourth-order valence-electron chi connectivity index (χ4n) is 4.36. The highest BCUT2D eigenvalue weighted by Gasteiger charge is 2.22. The van der Waals surface area contributed by atoms with Crippen LogP contribution in [0.25, 0.3) is 11.0 Å². The maximum absolute atomic E-state index is 12.7. The first-order valence-corrected chi connectivity index (χ1v) is 12.5. The van der Waals surface area contributed by atoms with E-state index in [1.807, 2.05) is 22.2 Å².